The van der Waals surface area contributed by atoms with Crippen molar-refractivity contribution in [2.45, 2.75) is 24.3 Å². The number of sulfonamides is 1. The molecular formula is C21H29N4O3S+. The van der Waals surface area contributed by atoms with Crippen molar-refractivity contribution >= 4 is 21.5 Å². The van der Waals surface area contributed by atoms with E-state index in [1.807, 2.05) is 13.1 Å². The lowest BCUT2D eigenvalue weighted by molar-refractivity contribution is -0.367. The number of hydrogen-bond donors (Lipinski definition) is 0. The Morgan fingerprint density at radius 2 is 1.76 bits per heavy atom. The van der Waals surface area contributed by atoms with Gasteiger partial charge in [0.2, 0.25) is 10.0 Å². The Kier molecular flexibility index (Phi) is 6.03. The van der Waals surface area contributed by atoms with Gasteiger partial charge in [-0.05, 0) is 25.0 Å². The van der Waals surface area contributed by atoms with E-state index >= 15 is 0 Å². The normalized spacial score (nSPS) is 18.2. The van der Waals surface area contributed by atoms with Gasteiger partial charge >= 0.3 is 0 Å². The number of ether oxygens (including phenoxy) is 1. The largest absolute Gasteiger partial charge is 0.379 e. The van der Waals surface area contributed by atoms with E-state index < -0.39 is 10.0 Å². The first-order valence-corrected chi connectivity index (χ1v) is 11.6. The molecule has 2 saturated heterocycles. The molecule has 0 unspecified atom stereocenters. The zero-order chi connectivity index (χ0) is 20.3. The molecule has 3 heterocycles. The summed E-state index contributed by atoms with van der Waals surface area (Å²) in [6, 6.07) is 12.0. The molecule has 4 rings (SSSR count). The zero-order valence-corrected chi connectivity index (χ0v) is 17.7. The van der Waals surface area contributed by atoms with Crippen LogP contribution in [0.3, 0.4) is 0 Å². The standard InChI is InChI=1S/C21H28N4O3S/c1-23(17-18-6-2-3-7-20(18)24-10-4-5-11-24)21-9-8-19(16-22-21)29(26,27)25-12-14-28-15-13-25/h2-3,6-9,16H,4-5,10-15,17H2,1H3/p+1. The minimum Gasteiger partial charge on any atom is -0.379 e. The maximum absolute atomic E-state index is 12.8. The Balaban J connectivity index is 1.48. The Morgan fingerprint density at radius 3 is 2.45 bits per heavy atom. The quantitative estimate of drug-likeness (QED) is 0.717. The summed E-state index contributed by atoms with van der Waals surface area (Å²) in [6.07, 6.45) is 4.08. The molecule has 0 bridgehead atoms. The van der Waals surface area contributed by atoms with Crippen LogP contribution in [-0.2, 0) is 21.3 Å². The second-order valence-corrected chi connectivity index (χ2v) is 9.54. The van der Waals surface area contributed by atoms with Crippen molar-refractivity contribution in [2.75, 3.05) is 56.2 Å². The van der Waals surface area contributed by atoms with Crippen molar-refractivity contribution in [3.05, 3.63) is 48.2 Å². The van der Waals surface area contributed by atoms with E-state index in [4.69, 9.17) is 4.74 Å². The number of nitrogens with one attached hydrogen (secondary N) is 1. The van der Waals surface area contributed by atoms with Crippen LogP contribution in [-0.4, -0.2) is 59.2 Å². The maximum atomic E-state index is 12.8. The second-order valence-electron chi connectivity index (χ2n) is 7.61. The fourth-order valence-electron chi connectivity index (χ4n) is 3.99. The third-order valence-corrected chi connectivity index (χ3v) is 7.53. The summed E-state index contributed by atoms with van der Waals surface area (Å²) in [5.41, 5.74) is 2.57. The summed E-state index contributed by atoms with van der Waals surface area (Å²) in [5.74, 6) is 0.877. The van der Waals surface area contributed by atoms with E-state index in [1.165, 1.54) is 28.4 Å². The topological polar surface area (TPSA) is 67.2 Å². The van der Waals surface area contributed by atoms with Gasteiger partial charge in [0.15, 0.2) is 0 Å². The highest BCUT2D eigenvalue weighted by Crippen LogP contribution is 2.26. The molecule has 29 heavy (non-hydrogen) atoms. The lowest BCUT2D eigenvalue weighted by Gasteiger charge is -2.25. The molecule has 1 aromatic carbocycles. The zero-order valence-electron chi connectivity index (χ0n) is 16.9. The van der Waals surface area contributed by atoms with Gasteiger partial charge in [-0.2, -0.15) is 4.31 Å². The van der Waals surface area contributed by atoms with E-state index in [1.54, 1.807) is 12.3 Å². The highest BCUT2D eigenvalue weighted by atomic mass is 32.2. The molecule has 2 aliphatic rings. The van der Waals surface area contributed by atoms with Crippen LogP contribution in [0.4, 0.5) is 11.5 Å². The van der Waals surface area contributed by atoms with Gasteiger partial charge in [-0.3, -0.25) is 4.90 Å². The van der Waals surface area contributed by atoms with Crippen LogP contribution in [0.15, 0.2) is 47.5 Å². The third kappa shape index (κ3) is 4.39. The van der Waals surface area contributed by atoms with Crippen LogP contribution in [0.2, 0.25) is 0 Å². The number of para-hydroxylation sites is 1. The summed E-state index contributed by atoms with van der Waals surface area (Å²) in [7, 11) is -1.47. The maximum Gasteiger partial charge on any atom is 0.274 e. The molecule has 0 saturated carbocycles. The van der Waals surface area contributed by atoms with Crippen molar-refractivity contribution in [3.63, 3.8) is 0 Å². The second kappa shape index (κ2) is 8.69. The van der Waals surface area contributed by atoms with Crippen molar-refractivity contribution < 1.29 is 18.1 Å². The summed E-state index contributed by atoms with van der Waals surface area (Å²) < 4.78 is 32.3. The minimum atomic E-state index is -3.48. The monoisotopic (exact) mass is 417 g/mol. The number of nitrogens with zero attached hydrogens (tertiary/aromatic N) is 3. The average Bonchev–Trinajstić information content (AvgIpc) is 3.29. The van der Waals surface area contributed by atoms with Gasteiger partial charge in [-0.15, -0.1) is 0 Å². The molecule has 1 aromatic heterocycles. The number of anilines is 2. The number of H-pyrrole nitrogens is 1. The molecule has 0 amide bonds. The molecule has 0 spiro atoms. The van der Waals surface area contributed by atoms with Gasteiger partial charge in [0.1, 0.15) is 17.6 Å². The Morgan fingerprint density at radius 1 is 1.03 bits per heavy atom. The van der Waals surface area contributed by atoms with Gasteiger partial charge in [-0.1, -0.05) is 18.2 Å². The number of aromatic amines is 1. The summed E-state index contributed by atoms with van der Waals surface area (Å²) in [5, 5.41) is 0. The SMILES string of the molecule is CN(Cc1ccccc1N1CCCC1)c1ccc(S(=O)(=O)N2CCOCC2)c[nH+]1. The van der Waals surface area contributed by atoms with Crippen LogP contribution >= 0.6 is 0 Å². The first-order valence-electron chi connectivity index (χ1n) is 10.2. The molecule has 2 aromatic rings. The first kappa shape index (κ1) is 20.1. The first-order chi connectivity index (χ1) is 14.1. The molecule has 0 aliphatic carbocycles. The number of rotatable bonds is 6. The van der Waals surface area contributed by atoms with E-state index in [0.29, 0.717) is 26.3 Å². The van der Waals surface area contributed by atoms with Crippen LogP contribution in [0.1, 0.15) is 18.4 Å². The number of hydrogen-bond acceptors (Lipinski definition) is 5. The van der Waals surface area contributed by atoms with Gasteiger partial charge in [-0.25, -0.2) is 13.4 Å². The van der Waals surface area contributed by atoms with Crippen LogP contribution < -0.4 is 14.8 Å². The molecular weight excluding hydrogens is 388 g/mol. The predicted molar refractivity (Wildman–Crippen MR) is 113 cm³/mol. The number of aromatic nitrogens is 1. The average molecular weight is 418 g/mol. The highest BCUT2D eigenvalue weighted by molar-refractivity contribution is 7.89. The number of benzene rings is 1. The molecule has 8 heteroatoms. The van der Waals surface area contributed by atoms with Crippen LogP contribution in [0.25, 0.3) is 0 Å². The fraction of sp³-hybridized carbons (Fsp3) is 0.476. The summed E-state index contributed by atoms with van der Waals surface area (Å²) in [4.78, 5) is 8.01. The molecule has 156 valence electrons. The fourth-order valence-corrected chi connectivity index (χ4v) is 5.36. The molecule has 2 fully saturated rings. The molecule has 7 nitrogen and oxygen atoms in total. The third-order valence-electron chi connectivity index (χ3n) is 5.63. The number of morpholine rings is 1. The van der Waals surface area contributed by atoms with Gasteiger partial charge in [0.25, 0.3) is 5.82 Å². The smallest absolute Gasteiger partial charge is 0.274 e. The van der Waals surface area contributed by atoms with Crippen molar-refractivity contribution in [1.82, 2.24) is 4.31 Å². The molecule has 2 aliphatic heterocycles. The lowest BCUT2D eigenvalue weighted by Crippen LogP contribution is -2.41. The van der Waals surface area contributed by atoms with E-state index in [0.717, 1.165) is 25.5 Å². The van der Waals surface area contributed by atoms with Gasteiger partial charge < -0.3 is 9.64 Å². The van der Waals surface area contributed by atoms with Crippen LogP contribution in [0, 0.1) is 0 Å². The molecule has 0 radical (unpaired) electrons. The Labute approximate surface area is 172 Å². The van der Waals surface area contributed by atoms with E-state index in [2.05, 4.69) is 39.0 Å². The van der Waals surface area contributed by atoms with Crippen molar-refractivity contribution in [2.24, 2.45) is 0 Å². The number of pyridine rings is 1. The highest BCUT2D eigenvalue weighted by Gasteiger charge is 2.27. The van der Waals surface area contributed by atoms with Crippen molar-refractivity contribution in [1.29, 1.82) is 0 Å². The molecule has 1 N–H and O–H groups in total. The Bertz CT molecular complexity index is 921. The molecule has 0 atom stereocenters. The van der Waals surface area contributed by atoms with Crippen molar-refractivity contribution in [3.8, 4) is 0 Å². The van der Waals surface area contributed by atoms with Crippen LogP contribution in [0.5, 0.6) is 0 Å². The summed E-state index contributed by atoms with van der Waals surface area (Å²) >= 11 is 0. The van der Waals surface area contributed by atoms with E-state index in [9.17, 15) is 8.42 Å². The lowest BCUT2D eigenvalue weighted by atomic mass is 10.1. The minimum absolute atomic E-state index is 0.286. The van der Waals surface area contributed by atoms with Gasteiger partial charge in [0, 0.05) is 43.5 Å². The van der Waals surface area contributed by atoms with E-state index in [-0.39, 0.29) is 4.90 Å². The predicted octanol–water partition coefficient (Wildman–Crippen LogP) is 1.76. The Hall–Kier alpha value is -2.16. The summed E-state index contributed by atoms with van der Waals surface area (Å²) in [6.45, 7) is 4.66. The van der Waals surface area contributed by atoms with Gasteiger partial charge in [0.05, 0.1) is 20.3 Å².